The van der Waals surface area contributed by atoms with Gasteiger partial charge in [-0.05, 0) is 38.8 Å². The van der Waals surface area contributed by atoms with Crippen molar-refractivity contribution in [3.63, 3.8) is 0 Å². The molecule has 0 radical (unpaired) electrons. The summed E-state index contributed by atoms with van der Waals surface area (Å²) in [4.78, 5) is 25.2. The normalized spacial score (nSPS) is 20.6. The number of Topliss-reactive ketones (excluding diaryl/α,β-unsaturated/α-hetero) is 1. The van der Waals surface area contributed by atoms with Gasteiger partial charge in [0.1, 0.15) is 6.54 Å². The van der Waals surface area contributed by atoms with Crippen molar-refractivity contribution in [2.24, 2.45) is 0 Å². The second-order valence-corrected chi connectivity index (χ2v) is 7.92. The van der Waals surface area contributed by atoms with Crippen molar-refractivity contribution in [3.05, 3.63) is 41.5 Å². The molecule has 7 heteroatoms. The van der Waals surface area contributed by atoms with Crippen molar-refractivity contribution < 1.29 is 14.4 Å². The number of aryl methyl sites for hydroxylation is 1. The topological polar surface area (TPSA) is 64.7 Å². The Morgan fingerprint density at radius 3 is 2.68 bits per heavy atom. The van der Waals surface area contributed by atoms with Crippen LogP contribution in [0.15, 0.2) is 24.5 Å². The second-order valence-electron chi connectivity index (χ2n) is 7.92. The summed E-state index contributed by atoms with van der Waals surface area (Å²) >= 11 is 0. The zero-order chi connectivity index (χ0) is 19.5. The van der Waals surface area contributed by atoms with Crippen LogP contribution in [0.25, 0.3) is 0 Å². The third-order valence-electron chi connectivity index (χ3n) is 6.00. The van der Waals surface area contributed by atoms with Gasteiger partial charge < -0.3 is 19.1 Å². The number of ether oxygens (including phenoxy) is 1. The van der Waals surface area contributed by atoms with Gasteiger partial charge in [0.25, 0.3) is 0 Å². The number of rotatable bonds is 6. The lowest BCUT2D eigenvalue weighted by molar-refractivity contribution is -0.892. The van der Waals surface area contributed by atoms with Gasteiger partial charge in [-0.15, -0.1) is 0 Å². The first kappa shape index (κ1) is 19.1. The number of ketones is 1. The number of nitrogens with one attached hydrogen (secondary N) is 1. The SMILES string of the molecule is Cc1cc(C(=O)C[NH+]2CCN(c3ncccn3)CC2)c(C)n1C[C@@H]1CCCO1. The van der Waals surface area contributed by atoms with Gasteiger partial charge in [-0.3, -0.25) is 4.79 Å². The number of nitrogens with zero attached hydrogens (tertiary/aromatic N) is 4. The molecule has 2 aliphatic rings. The van der Waals surface area contributed by atoms with Crippen molar-refractivity contribution >= 4 is 11.7 Å². The maximum Gasteiger partial charge on any atom is 0.225 e. The third-order valence-corrected chi connectivity index (χ3v) is 6.00. The second kappa shape index (κ2) is 8.41. The molecule has 28 heavy (non-hydrogen) atoms. The number of anilines is 1. The predicted octanol–water partition coefficient (Wildman–Crippen LogP) is 0.662. The number of carbonyl (C=O) groups is 1. The summed E-state index contributed by atoms with van der Waals surface area (Å²) in [5.74, 6) is 1.02. The van der Waals surface area contributed by atoms with Crippen LogP contribution in [0.1, 0.15) is 34.6 Å². The van der Waals surface area contributed by atoms with Crippen LogP contribution < -0.4 is 9.80 Å². The van der Waals surface area contributed by atoms with Crippen molar-refractivity contribution in [1.82, 2.24) is 14.5 Å². The minimum absolute atomic E-state index is 0.242. The summed E-state index contributed by atoms with van der Waals surface area (Å²) < 4.78 is 8.03. The van der Waals surface area contributed by atoms with Crippen molar-refractivity contribution in [3.8, 4) is 0 Å². The highest BCUT2D eigenvalue weighted by molar-refractivity contribution is 5.98. The van der Waals surface area contributed by atoms with Gasteiger partial charge in [0.15, 0.2) is 0 Å². The molecule has 1 N–H and O–H groups in total. The van der Waals surface area contributed by atoms with Crippen LogP contribution in [0.2, 0.25) is 0 Å². The fraction of sp³-hybridized carbons (Fsp3) is 0.571. The summed E-state index contributed by atoms with van der Waals surface area (Å²) in [6.07, 6.45) is 6.08. The van der Waals surface area contributed by atoms with Crippen molar-refractivity contribution in [1.29, 1.82) is 0 Å². The average molecular weight is 385 g/mol. The largest absolute Gasteiger partial charge is 0.376 e. The Kier molecular flexibility index (Phi) is 5.73. The Balaban J connectivity index is 1.35. The first-order valence-electron chi connectivity index (χ1n) is 10.3. The van der Waals surface area contributed by atoms with Crippen molar-refractivity contribution in [2.45, 2.75) is 39.3 Å². The molecule has 7 nitrogen and oxygen atoms in total. The van der Waals surface area contributed by atoms with E-state index < -0.39 is 0 Å². The van der Waals surface area contributed by atoms with E-state index in [4.69, 9.17) is 4.74 Å². The zero-order valence-electron chi connectivity index (χ0n) is 16.9. The molecule has 0 aliphatic carbocycles. The Labute approximate surface area is 166 Å². The molecule has 1 atom stereocenters. The van der Waals surface area contributed by atoms with Crippen LogP contribution in [0.5, 0.6) is 0 Å². The van der Waals surface area contributed by atoms with E-state index in [1.807, 2.05) is 6.07 Å². The van der Waals surface area contributed by atoms with Crippen molar-refractivity contribution in [2.75, 3.05) is 44.2 Å². The smallest absolute Gasteiger partial charge is 0.225 e. The van der Waals surface area contributed by atoms with Gasteiger partial charge >= 0.3 is 0 Å². The van der Waals surface area contributed by atoms with Gasteiger partial charge in [0.05, 0.1) is 32.3 Å². The molecule has 4 rings (SSSR count). The molecule has 2 fully saturated rings. The van der Waals surface area contributed by atoms with E-state index in [0.717, 1.165) is 75.1 Å². The lowest BCUT2D eigenvalue weighted by Crippen LogP contribution is -3.15. The van der Waals surface area contributed by atoms with E-state index >= 15 is 0 Å². The monoisotopic (exact) mass is 384 g/mol. The van der Waals surface area contributed by atoms with Crippen LogP contribution in [-0.2, 0) is 11.3 Å². The van der Waals surface area contributed by atoms with E-state index in [0.29, 0.717) is 6.54 Å². The van der Waals surface area contributed by atoms with Crippen LogP contribution in [0.3, 0.4) is 0 Å². The predicted molar refractivity (Wildman–Crippen MR) is 107 cm³/mol. The quantitative estimate of drug-likeness (QED) is 0.742. The number of hydrogen-bond donors (Lipinski definition) is 1. The molecule has 0 aromatic carbocycles. The number of hydrogen-bond acceptors (Lipinski definition) is 5. The summed E-state index contributed by atoms with van der Waals surface area (Å²) in [5, 5.41) is 0. The van der Waals surface area contributed by atoms with E-state index in [9.17, 15) is 4.79 Å². The van der Waals surface area contributed by atoms with Crippen LogP contribution in [0.4, 0.5) is 5.95 Å². The van der Waals surface area contributed by atoms with Crippen LogP contribution in [0, 0.1) is 13.8 Å². The lowest BCUT2D eigenvalue weighted by atomic mass is 10.1. The number of carbonyl (C=O) groups excluding carboxylic acids is 1. The molecule has 0 unspecified atom stereocenters. The molecule has 2 aliphatic heterocycles. The molecule has 4 heterocycles. The van der Waals surface area contributed by atoms with Gasteiger partial charge in [0.2, 0.25) is 11.7 Å². The Hall–Kier alpha value is -2.25. The number of piperazine rings is 1. The minimum atomic E-state index is 0.242. The average Bonchev–Trinajstić information content (AvgIpc) is 3.33. The fourth-order valence-corrected chi connectivity index (χ4v) is 4.33. The standard InChI is InChI=1S/C21H29N5O2/c1-16-13-19(17(2)26(16)14-18-5-3-12-28-18)20(27)15-24-8-10-25(11-9-24)21-22-6-4-7-23-21/h4,6-7,13,18H,3,5,8-12,14-15H2,1-2H3/p+1/t18-/m0/s1. The molecular formula is C21H30N5O2+. The molecule has 0 saturated carbocycles. The highest BCUT2D eigenvalue weighted by Crippen LogP contribution is 2.20. The van der Waals surface area contributed by atoms with E-state index in [-0.39, 0.29) is 11.9 Å². The van der Waals surface area contributed by atoms with Gasteiger partial charge in [-0.1, -0.05) is 0 Å². The molecule has 2 aromatic rings. The Morgan fingerprint density at radius 2 is 2.00 bits per heavy atom. The van der Waals surface area contributed by atoms with Crippen LogP contribution in [-0.4, -0.2) is 65.8 Å². The number of aromatic nitrogens is 3. The minimum Gasteiger partial charge on any atom is -0.376 e. The van der Waals surface area contributed by atoms with Crippen LogP contribution >= 0.6 is 0 Å². The van der Waals surface area contributed by atoms with E-state index in [2.05, 4.69) is 39.3 Å². The van der Waals surface area contributed by atoms with Gasteiger partial charge in [-0.2, -0.15) is 0 Å². The fourth-order valence-electron chi connectivity index (χ4n) is 4.33. The molecular weight excluding hydrogens is 354 g/mol. The molecule has 0 bridgehead atoms. The lowest BCUT2D eigenvalue weighted by Gasteiger charge is -2.31. The Bertz CT molecular complexity index is 806. The van der Waals surface area contributed by atoms with E-state index in [1.54, 1.807) is 12.4 Å². The molecule has 150 valence electrons. The summed E-state index contributed by atoms with van der Waals surface area (Å²) in [6, 6.07) is 3.89. The summed E-state index contributed by atoms with van der Waals surface area (Å²) in [6.45, 7) is 10.0. The first-order chi connectivity index (χ1) is 13.6. The third kappa shape index (κ3) is 4.10. The number of quaternary nitrogens is 1. The Morgan fingerprint density at radius 1 is 1.25 bits per heavy atom. The highest BCUT2D eigenvalue weighted by Gasteiger charge is 2.26. The molecule has 0 amide bonds. The van der Waals surface area contributed by atoms with E-state index in [1.165, 1.54) is 4.90 Å². The summed E-state index contributed by atoms with van der Waals surface area (Å²) in [7, 11) is 0. The molecule has 2 aromatic heterocycles. The zero-order valence-corrected chi connectivity index (χ0v) is 16.9. The maximum absolute atomic E-state index is 13.0. The maximum atomic E-state index is 13.0. The first-order valence-corrected chi connectivity index (χ1v) is 10.3. The molecule has 2 saturated heterocycles. The summed E-state index contributed by atoms with van der Waals surface area (Å²) in [5.41, 5.74) is 3.10. The van der Waals surface area contributed by atoms with Gasteiger partial charge in [-0.25, -0.2) is 9.97 Å². The molecule has 0 spiro atoms. The van der Waals surface area contributed by atoms with Gasteiger partial charge in [0, 0.05) is 42.5 Å². The highest BCUT2D eigenvalue weighted by atomic mass is 16.5.